The second kappa shape index (κ2) is 7.26. The fourth-order valence-corrected chi connectivity index (χ4v) is 15.6. The molecule has 1 nitrogen and oxygen atoms in total. The van der Waals surface area contributed by atoms with Crippen molar-refractivity contribution in [3.05, 3.63) is 30.3 Å². The SMILES string of the molecule is CC[Si](CC)(CC)C([Se]c1ccccc1)[C@@H]1C[C@@H]1C(C)=O. The molecule has 0 N–H and O–H groups in total. The summed E-state index contributed by atoms with van der Waals surface area (Å²) in [6.45, 7) is 9.00. The normalized spacial score (nSPS) is 22.9. The van der Waals surface area contributed by atoms with Crippen LogP contribution in [-0.2, 0) is 4.79 Å². The van der Waals surface area contributed by atoms with Crippen molar-refractivity contribution in [2.75, 3.05) is 0 Å². The first-order valence-electron chi connectivity index (χ1n) is 8.30. The number of hydrogen-bond donors (Lipinski definition) is 0. The van der Waals surface area contributed by atoms with Crippen LogP contribution in [0.25, 0.3) is 0 Å². The number of carbonyl (C=O) groups is 1. The van der Waals surface area contributed by atoms with Crippen LogP contribution in [0.5, 0.6) is 0 Å². The fourth-order valence-electron chi connectivity index (χ4n) is 3.68. The summed E-state index contributed by atoms with van der Waals surface area (Å²) < 4.78 is 2.37. The monoisotopic (exact) mass is 368 g/mol. The maximum atomic E-state index is 11.8. The van der Waals surface area contributed by atoms with Crippen LogP contribution < -0.4 is 4.46 Å². The van der Waals surface area contributed by atoms with Gasteiger partial charge >= 0.3 is 137 Å². The number of rotatable bonds is 8. The van der Waals surface area contributed by atoms with Gasteiger partial charge in [-0.05, 0) is 0 Å². The zero-order chi connectivity index (χ0) is 15.5. The van der Waals surface area contributed by atoms with Gasteiger partial charge in [-0.15, -0.1) is 0 Å². The van der Waals surface area contributed by atoms with Gasteiger partial charge in [0.1, 0.15) is 0 Å². The van der Waals surface area contributed by atoms with Crippen molar-refractivity contribution in [2.24, 2.45) is 11.8 Å². The molecule has 0 amide bonds. The summed E-state index contributed by atoms with van der Waals surface area (Å²) >= 11 is 0.532. The van der Waals surface area contributed by atoms with E-state index in [2.05, 4.69) is 51.1 Å². The zero-order valence-electron chi connectivity index (χ0n) is 13.8. The summed E-state index contributed by atoms with van der Waals surface area (Å²) in [5, 5.41) is 0. The molecule has 116 valence electrons. The molecule has 0 saturated heterocycles. The van der Waals surface area contributed by atoms with Gasteiger partial charge in [0.25, 0.3) is 0 Å². The van der Waals surface area contributed by atoms with Crippen LogP contribution in [0.1, 0.15) is 34.1 Å². The Balaban J connectivity index is 2.24. The molecule has 0 aliphatic heterocycles. The van der Waals surface area contributed by atoms with Crippen LogP contribution in [0.4, 0.5) is 0 Å². The van der Waals surface area contributed by atoms with Gasteiger partial charge in [-0.25, -0.2) is 0 Å². The van der Waals surface area contributed by atoms with Crippen LogP contribution in [0.15, 0.2) is 30.3 Å². The topological polar surface area (TPSA) is 17.1 Å². The van der Waals surface area contributed by atoms with Crippen molar-refractivity contribution >= 4 is 33.3 Å². The third kappa shape index (κ3) is 3.69. The molecule has 1 unspecified atom stereocenters. The third-order valence-corrected chi connectivity index (χ3v) is 17.5. The van der Waals surface area contributed by atoms with Gasteiger partial charge in [0.05, 0.1) is 0 Å². The number of carbonyl (C=O) groups excluding carboxylic acids is 1. The average Bonchev–Trinajstić information content (AvgIpc) is 3.30. The van der Waals surface area contributed by atoms with Gasteiger partial charge in [-0.3, -0.25) is 0 Å². The Labute approximate surface area is 137 Å². The van der Waals surface area contributed by atoms with Crippen LogP contribution in [-0.4, -0.2) is 28.8 Å². The molecular formula is C18H28OSeSi. The Kier molecular flexibility index (Phi) is 5.87. The molecule has 1 saturated carbocycles. The first-order chi connectivity index (χ1) is 10.1. The minimum atomic E-state index is -1.24. The molecule has 3 heteroatoms. The summed E-state index contributed by atoms with van der Waals surface area (Å²) in [5.41, 5.74) is 0. The van der Waals surface area contributed by atoms with Crippen molar-refractivity contribution in [3.8, 4) is 0 Å². The molecule has 0 heterocycles. The molecule has 1 aromatic rings. The molecule has 0 radical (unpaired) electrons. The summed E-state index contributed by atoms with van der Waals surface area (Å²) in [6, 6.07) is 15.1. The van der Waals surface area contributed by atoms with E-state index in [1.165, 1.54) is 29.0 Å². The molecule has 1 aliphatic rings. The van der Waals surface area contributed by atoms with Crippen molar-refractivity contribution < 1.29 is 4.79 Å². The molecule has 1 fully saturated rings. The second-order valence-corrected chi connectivity index (χ2v) is 15.3. The number of Topliss-reactive ketones (excluding diaryl/α,β-unsaturated/α-hetero) is 1. The Bertz CT molecular complexity index is 461. The van der Waals surface area contributed by atoms with E-state index in [9.17, 15) is 4.79 Å². The fraction of sp³-hybridized carbons (Fsp3) is 0.611. The van der Waals surface area contributed by atoms with E-state index >= 15 is 0 Å². The van der Waals surface area contributed by atoms with Gasteiger partial charge in [0.15, 0.2) is 0 Å². The van der Waals surface area contributed by atoms with Crippen molar-refractivity contribution in [3.63, 3.8) is 0 Å². The average molecular weight is 367 g/mol. The van der Waals surface area contributed by atoms with Crippen molar-refractivity contribution in [1.29, 1.82) is 0 Å². The number of benzene rings is 1. The van der Waals surface area contributed by atoms with E-state index < -0.39 is 8.07 Å². The van der Waals surface area contributed by atoms with Crippen molar-refractivity contribution in [1.82, 2.24) is 0 Å². The molecule has 21 heavy (non-hydrogen) atoms. The van der Waals surface area contributed by atoms with Crippen LogP contribution in [0, 0.1) is 11.8 Å². The standard InChI is InChI=1S/C18H28OSeSi/c1-5-21(6-2,7-3)18(17-13-16(17)14(4)19)20-15-11-9-8-10-12-15/h8-12,16-18H,5-7,13H2,1-4H3/t16-,17-,18?/m1/s1. The van der Waals surface area contributed by atoms with Gasteiger partial charge in [0.2, 0.25) is 0 Å². The first kappa shape index (κ1) is 17.0. The zero-order valence-corrected chi connectivity index (χ0v) is 16.5. The Morgan fingerprint density at radius 1 is 1.19 bits per heavy atom. The minimum absolute atomic E-state index is 0.386. The number of ketones is 1. The van der Waals surface area contributed by atoms with E-state index in [4.69, 9.17) is 0 Å². The van der Waals surface area contributed by atoms with E-state index in [-0.39, 0.29) is 0 Å². The number of hydrogen-bond acceptors (Lipinski definition) is 1. The van der Waals surface area contributed by atoms with Crippen molar-refractivity contribution in [2.45, 2.75) is 56.7 Å². The summed E-state index contributed by atoms with van der Waals surface area (Å²) in [5.74, 6) is 1.52. The predicted octanol–water partition coefficient (Wildman–Crippen LogP) is 4.08. The van der Waals surface area contributed by atoms with Gasteiger partial charge in [0, 0.05) is 0 Å². The first-order valence-corrected chi connectivity index (χ1v) is 12.8. The van der Waals surface area contributed by atoms with E-state index in [1.807, 2.05) is 0 Å². The second-order valence-electron chi connectivity index (χ2n) is 6.39. The van der Waals surface area contributed by atoms with Gasteiger partial charge in [-0.2, -0.15) is 0 Å². The van der Waals surface area contributed by atoms with E-state index in [0.717, 1.165) is 4.44 Å². The van der Waals surface area contributed by atoms with Crippen LogP contribution in [0.3, 0.4) is 0 Å². The Morgan fingerprint density at radius 3 is 2.19 bits per heavy atom. The van der Waals surface area contributed by atoms with E-state index in [1.54, 1.807) is 6.92 Å². The Hall–Kier alpha value is -0.374. The molecular weight excluding hydrogens is 339 g/mol. The molecule has 3 atom stereocenters. The molecule has 1 aliphatic carbocycles. The van der Waals surface area contributed by atoms with Gasteiger partial charge < -0.3 is 0 Å². The summed E-state index contributed by atoms with van der Waals surface area (Å²) in [6.07, 6.45) is 1.17. The summed E-state index contributed by atoms with van der Waals surface area (Å²) in [4.78, 5) is 11.8. The van der Waals surface area contributed by atoms with Crippen LogP contribution in [0.2, 0.25) is 22.6 Å². The predicted molar refractivity (Wildman–Crippen MR) is 95.1 cm³/mol. The summed E-state index contributed by atoms with van der Waals surface area (Å²) in [7, 11) is -1.24. The quantitative estimate of drug-likeness (QED) is 0.633. The maximum absolute atomic E-state index is 11.8. The Morgan fingerprint density at radius 2 is 1.76 bits per heavy atom. The van der Waals surface area contributed by atoms with Gasteiger partial charge in [-0.1, -0.05) is 0 Å². The molecule has 0 aromatic heterocycles. The third-order valence-electron chi connectivity index (χ3n) is 5.47. The molecule has 0 bridgehead atoms. The molecule has 1 aromatic carbocycles. The van der Waals surface area contributed by atoms with E-state index in [0.29, 0.717) is 32.6 Å². The molecule has 2 rings (SSSR count). The van der Waals surface area contributed by atoms with Crippen LogP contribution >= 0.6 is 0 Å². The molecule has 0 spiro atoms.